The molecule has 0 aliphatic rings. The van der Waals surface area contributed by atoms with E-state index in [-0.39, 0.29) is 11.2 Å². The summed E-state index contributed by atoms with van der Waals surface area (Å²) in [5.41, 5.74) is 0.829. The van der Waals surface area contributed by atoms with E-state index in [1.165, 1.54) is 11.8 Å². The molecule has 0 saturated carbocycles. The van der Waals surface area contributed by atoms with Gasteiger partial charge in [-0.05, 0) is 55.5 Å². The van der Waals surface area contributed by atoms with Crippen molar-refractivity contribution in [1.29, 1.82) is 0 Å². The van der Waals surface area contributed by atoms with Gasteiger partial charge in [-0.3, -0.25) is 4.79 Å². The number of halogens is 1. The Hall–Kier alpha value is -1.88. The Morgan fingerprint density at radius 3 is 2.27 bits per heavy atom. The Bertz CT molecular complexity index is 869. The summed E-state index contributed by atoms with van der Waals surface area (Å²) in [6.07, 6.45) is 0. The van der Waals surface area contributed by atoms with Gasteiger partial charge in [-0.25, -0.2) is 0 Å². The number of anilines is 1. The minimum atomic E-state index is -0.217. The molecule has 3 aromatic rings. The zero-order chi connectivity index (χ0) is 18.4. The molecule has 5 heteroatoms. The molecule has 0 bridgehead atoms. The van der Waals surface area contributed by atoms with Crippen LogP contribution in [-0.4, -0.2) is 11.2 Å². The maximum Gasteiger partial charge on any atom is 0.237 e. The molecule has 0 aliphatic carbocycles. The fourth-order valence-electron chi connectivity index (χ4n) is 2.28. The average Bonchev–Trinajstić information content (AvgIpc) is 2.66. The monoisotopic (exact) mass is 399 g/mol. The van der Waals surface area contributed by atoms with Gasteiger partial charge in [-0.1, -0.05) is 53.7 Å². The van der Waals surface area contributed by atoms with Gasteiger partial charge >= 0.3 is 0 Å². The third-order valence-corrected chi connectivity index (χ3v) is 6.06. The van der Waals surface area contributed by atoms with Crippen molar-refractivity contribution in [2.24, 2.45) is 0 Å². The van der Waals surface area contributed by atoms with E-state index in [1.807, 2.05) is 73.7 Å². The normalized spacial score (nSPS) is 11.8. The molecule has 0 fully saturated rings. The van der Waals surface area contributed by atoms with Crippen molar-refractivity contribution < 1.29 is 4.79 Å². The highest BCUT2D eigenvalue weighted by atomic mass is 35.5. The SMILES string of the molecule is C[C@H](Sc1ccc(Cl)cc1)C(=O)Nc1ccccc1Sc1ccccc1. The highest BCUT2D eigenvalue weighted by Crippen LogP contribution is 2.34. The summed E-state index contributed by atoms with van der Waals surface area (Å²) in [6, 6.07) is 25.5. The van der Waals surface area contributed by atoms with Crippen LogP contribution in [0, 0.1) is 0 Å². The molecule has 0 heterocycles. The molecule has 3 aromatic carbocycles. The van der Waals surface area contributed by atoms with E-state index in [0.29, 0.717) is 5.02 Å². The second kappa shape index (κ2) is 9.17. The number of thioether (sulfide) groups is 1. The van der Waals surface area contributed by atoms with Crippen molar-refractivity contribution in [2.75, 3.05) is 5.32 Å². The van der Waals surface area contributed by atoms with E-state index < -0.39 is 0 Å². The maximum atomic E-state index is 12.6. The standard InChI is InChI=1S/C21H18ClNOS2/c1-15(25-18-13-11-16(22)12-14-18)21(24)23-19-9-5-6-10-20(19)26-17-7-3-2-4-8-17/h2-15H,1H3,(H,23,24)/t15-/m0/s1. The van der Waals surface area contributed by atoms with E-state index >= 15 is 0 Å². The van der Waals surface area contributed by atoms with Crippen LogP contribution >= 0.6 is 35.1 Å². The summed E-state index contributed by atoms with van der Waals surface area (Å²) in [6.45, 7) is 1.90. The molecule has 0 aliphatic heterocycles. The number of hydrogen-bond acceptors (Lipinski definition) is 3. The summed E-state index contributed by atoms with van der Waals surface area (Å²) in [4.78, 5) is 15.8. The molecule has 0 radical (unpaired) electrons. The molecular formula is C21H18ClNOS2. The fraction of sp³-hybridized carbons (Fsp3) is 0.0952. The Kier molecular flexibility index (Phi) is 6.67. The first-order chi connectivity index (χ1) is 12.6. The summed E-state index contributed by atoms with van der Waals surface area (Å²) < 4.78 is 0. The highest BCUT2D eigenvalue weighted by molar-refractivity contribution is 8.00. The molecule has 0 unspecified atom stereocenters. The van der Waals surface area contributed by atoms with E-state index in [4.69, 9.17) is 11.6 Å². The molecule has 0 saturated heterocycles. The summed E-state index contributed by atoms with van der Waals surface area (Å²) >= 11 is 9.06. The van der Waals surface area contributed by atoms with Gasteiger partial charge in [-0.2, -0.15) is 0 Å². The van der Waals surface area contributed by atoms with Crippen molar-refractivity contribution in [3.05, 3.63) is 83.9 Å². The molecule has 0 aromatic heterocycles. The lowest BCUT2D eigenvalue weighted by molar-refractivity contribution is -0.115. The van der Waals surface area contributed by atoms with Crippen LogP contribution in [0.1, 0.15) is 6.92 Å². The van der Waals surface area contributed by atoms with Crippen molar-refractivity contribution >= 4 is 46.7 Å². The molecular weight excluding hydrogens is 382 g/mol. The first kappa shape index (κ1) is 18.9. The fourth-order valence-corrected chi connectivity index (χ4v) is 4.20. The van der Waals surface area contributed by atoms with Crippen LogP contribution in [0.2, 0.25) is 5.02 Å². The van der Waals surface area contributed by atoms with Gasteiger partial charge in [-0.15, -0.1) is 11.8 Å². The van der Waals surface area contributed by atoms with Crippen LogP contribution in [-0.2, 0) is 4.79 Å². The first-order valence-electron chi connectivity index (χ1n) is 8.17. The number of nitrogens with one attached hydrogen (secondary N) is 1. The second-order valence-electron chi connectivity index (χ2n) is 5.61. The summed E-state index contributed by atoms with van der Waals surface area (Å²) in [5, 5.41) is 3.53. The van der Waals surface area contributed by atoms with Gasteiger partial charge in [0.1, 0.15) is 0 Å². The topological polar surface area (TPSA) is 29.1 Å². The molecule has 3 rings (SSSR count). The van der Waals surface area contributed by atoms with Crippen LogP contribution in [0.3, 0.4) is 0 Å². The van der Waals surface area contributed by atoms with Crippen LogP contribution in [0.25, 0.3) is 0 Å². The predicted octanol–water partition coefficient (Wildman–Crippen LogP) is 6.61. The molecule has 132 valence electrons. The molecule has 2 nitrogen and oxygen atoms in total. The molecule has 26 heavy (non-hydrogen) atoms. The zero-order valence-electron chi connectivity index (χ0n) is 14.2. The molecule has 0 spiro atoms. The average molecular weight is 400 g/mol. The molecule has 1 amide bonds. The first-order valence-corrected chi connectivity index (χ1v) is 10.2. The minimum absolute atomic E-state index is 0.0222. The van der Waals surface area contributed by atoms with Crippen molar-refractivity contribution in [3.63, 3.8) is 0 Å². The van der Waals surface area contributed by atoms with Gasteiger partial charge in [0.25, 0.3) is 0 Å². The minimum Gasteiger partial charge on any atom is -0.324 e. The van der Waals surface area contributed by atoms with E-state index in [9.17, 15) is 4.79 Å². The smallest absolute Gasteiger partial charge is 0.237 e. The largest absolute Gasteiger partial charge is 0.324 e. The Balaban J connectivity index is 1.68. The van der Waals surface area contributed by atoms with Crippen LogP contribution in [0.4, 0.5) is 5.69 Å². The van der Waals surface area contributed by atoms with Crippen molar-refractivity contribution in [3.8, 4) is 0 Å². The van der Waals surface area contributed by atoms with E-state index in [1.54, 1.807) is 11.8 Å². The summed E-state index contributed by atoms with van der Waals surface area (Å²) in [5.74, 6) is -0.0222. The number of hydrogen-bond donors (Lipinski definition) is 1. The highest BCUT2D eigenvalue weighted by Gasteiger charge is 2.16. The number of amides is 1. The Morgan fingerprint density at radius 1 is 0.885 bits per heavy atom. The third kappa shape index (κ3) is 5.31. The van der Waals surface area contributed by atoms with Crippen LogP contribution in [0.5, 0.6) is 0 Å². The number of carbonyl (C=O) groups excluding carboxylic acids is 1. The van der Waals surface area contributed by atoms with Gasteiger partial charge in [0.15, 0.2) is 0 Å². The lowest BCUT2D eigenvalue weighted by Gasteiger charge is -2.14. The predicted molar refractivity (Wildman–Crippen MR) is 112 cm³/mol. The summed E-state index contributed by atoms with van der Waals surface area (Å²) in [7, 11) is 0. The van der Waals surface area contributed by atoms with E-state index in [0.717, 1.165) is 20.4 Å². The van der Waals surface area contributed by atoms with Crippen LogP contribution in [0.15, 0.2) is 93.5 Å². The van der Waals surface area contributed by atoms with Gasteiger partial charge in [0, 0.05) is 19.7 Å². The van der Waals surface area contributed by atoms with E-state index in [2.05, 4.69) is 17.4 Å². The Labute approximate surface area is 167 Å². The van der Waals surface area contributed by atoms with Gasteiger partial charge in [0.05, 0.1) is 10.9 Å². The second-order valence-corrected chi connectivity index (χ2v) is 8.58. The van der Waals surface area contributed by atoms with Gasteiger partial charge in [0.2, 0.25) is 5.91 Å². The van der Waals surface area contributed by atoms with Gasteiger partial charge < -0.3 is 5.32 Å². The quantitative estimate of drug-likeness (QED) is 0.473. The maximum absolute atomic E-state index is 12.6. The zero-order valence-corrected chi connectivity index (χ0v) is 16.6. The van der Waals surface area contributed by atoms with Crippen molar-refractivity contribution in [2.45, 2.75) is 26.9 Å². The Morgan fingerprint density at radius 2 is 1.54 bits per heavy atom. The molecule has 1 N–H and O–H groups in total. The lowest BCUT2D eigenvalue weighted by Crippen LogP contribution is -2.22. The van der Waals surface area contributed by atoms with Crippen molar-refractivity contribution in [1.82, 2.24) is 0 Å². The number of benzene rings is 3. The lowest BCUT2D eigenvalue weighted by atomic mass is 10.3. The van der Waals surface area contributed by atoms with Crippen LogP contribution < -0.4 is 5.32 Å². The molecule has 1 atom stereocenters. The third-order valence-electron chi connectivity index (χ3n) is 3.61. The number of para-hydroxylation sites is 1. The number of carbonyl (C=O) groups is 1. The number of rotatable bonds is 6.